The standard InChI is InChI=1S/C33H37ClN2O5/c1-2-3-4-5-6-7-8-24-9-14-29(15-10-24)40-23-28(35-33(39)41-30-16-12-27(34)13-17-30)22-36-20-19-25-21-26(32(37)38)11-18-31(25)36/h9-21,28H,2-8,22-23H2,1H3,(H,35,39)(H,37,38). The number of carbonyl (C=O) groups is 2. The maximum Gasteiger partial charge on any atom is 0.413 e. The van der Waals surface area contributed by atoms with Crippen molar-refractivity contribution in [2.24, 2.45) is 0 Å². The van der Waals surface area contributed by atoms with Gasteiger partial charge in [-0.05, 0) is 79.1 Å². The predicted octanol–water partition coefficient (Wildman–Crippen LogP) is 8.13. The molecule has 0 spiro atoms. The number of nitrogens with zero attached hydrogens (tertiary/aromatic N) is 1. The number of halogens is 1. The molecule has 4 rings (SSSR count). The Morgan fingerprint density at radius 1 is 0.902 bits per heavy atom. The van der Waals surface area contributed by atoms with Crippen LogP contribution in [0.5, 0.6) is 11.5 Å². The maximum absolute atomic E-state index is 12.8. The molecule has 216 valence electrons. The molecule has 0 bridgehead atoms. The number of carboxylic acids is 1. The third kappa shape index (κ3) is 9.29. The Labute approximate surface area is 246 Å². The third-order valence-corrected chi connectivity index (χ3v) is 7.23. The number of nitrogens with one attached hydrogen (secondary N) is 1. The van der Waals surface area contributed by atoms with Crippen molar-refractivity contribution < 1.29 is 24.2 Å². The summed E-state index contributed by atoms with van der Waals surface area (Å²) in [5.41, 5.74) is 2.36. The van der Waals surface area contributed by atoms with Gasteiger partial charge in [-0.2, -0.15) is 0 Å². The highest BCUT2D eigenvalue weighted by molar-refractivity contribution is 6.30. The van der Waals surface area contributed by atoms with Crippen molar-refractivity contribution in [1.82, 2.24) is 9.88 Å². The molecule has 1 unspecified atom stereocenters. The number of aromatic carboxylic acids is 1. The fraction of sp³-hybridized carbons (Fsp3) is 0.333. The van der Waals surface area contributed by atoms with Gasteiger partial charge in [0.25, 0.3) is 0 Å². The molecule has 1 aromatic heterocycles. The molecule has 0 saturated carbocycles. The van der Waals surface area contributed by atoms with E-state index in [1.54, 1.807) is 42.5 Å². The molecule has 0 saturated heterocycles. The summed E-state index contributed by atoms with van der Waals surface area (Å²) in [6.07, 6.45) is 9.93. The lowest BCUT2D eigenvalue weighted by Gasteiger charge is -2.20. The van der Waals surface area contributed by atoms with E-state index >= 15 is 0 Å². The monoisotopic (exact) mass is 576 g/mol. The average molecular weight is 577 g/mol. The molecule has 0 fully saturated rings. The number of hydrogen-bond donors (Lipinski definition) is 2. The summed E-state index contributed by atoms with van der Waals surface area (Å²) in [5.74, 6) is 0.119. The molecule has 0 aliphatic rings. The van der Waals surface area contributed by atoms with Gasteiger partial charge in [0.1, 0.15) is 18.1 Å². The SMILES string of the molecule is CCCCCCCCc1ccc(OCC(Cn2ccc3cc(C(=O)O)ccc32)NC(=O)Oc2ccc(Cl)cc2)cc1. The van der Waals surface area contributed by atoms with Crippen LogP contribution in [0.15, 0.2) is 79.0 Å². The first-order chi connectivity index (χ1) is 19.9. The number of rotatable bonds is 15. The Morgan fingerprint density at radius 3 is 2.34 bits per heavy atom. The van der Waals surface area contributed by atoms with E-state index < -0.39 is 18.1 Å². The third-order valence-electron chi connectivity index (χ3n) is 6.97. The van der Waals surface area contributed by atoms with Crippen LogP contribution in [0.2, 0.25) is 5.02 Å². The van der Waals surface area contributed by atoms with E-state index in [-0.39, 0.29) is 12.2 Å². The maximum atomic E-state index is 12.8. The van der Waals surface area contributed by atoms with E-state index in [4.69, 9.17) is 21.1 Å². The van der Waals surface area contributed by atoms with E-state index in [9.17, 15) is 14.7 Å². The lowest BCUT2D eigenvalue weighted by molar-refractivity contribution is 0.0697. The molecule has 0 radical (unpaired) electrons. The summed E-state index contributed by atoms with van der Waals surface area (Å²) in [5, 5.41) is 13.6. The first-order valence-electron chi connectivity index (χ1n) is 14.2. The molecule has 1 heterocycles. The molecule has 3 aromatic carbocycles. The highest BCUT2D eigenvalue weighted by Crippen LogP contribution is 2.20. The second kappa shape index (κ2) is 15.1. The van der Waals surface area contributed by atoms with Gasteiger partial charge in [-0.15, -0.1) is 0 Å². The second-order valence-electron chi connectivity index (χ2n) is 10.2. The fourth-order valence-corrected chi connectivity index (χ4v) is 4.86. The van der Waals surface area contributed by atoms with Crippen molar-refractivity contribution in [3.63, 3.8) is 0 Å². The first-order valence-corrected chi connectivity index (χ1v) is 14.6. The van der Waals surface area contributed by atoms with E-state index in [2.05, 4.69) is 24.4 Å². The number of ether oxygens (including phenoxy) is 2. The number of aromatic nitrogens is 1. The van der Waals surface area contributed by atoms with Crippen LogP contribution < -0.4 is 14.8 Å². The number of carbonyl (C=O) groups excluding carboxylic acids is 1. The Bertz CT molecular complexity index is 1420. The molecule has 4 aromatic rings. The molecule has 0 aliphatic carbocycles. The van der Waals surface area contributed by atoms with Crippen molar-refractivity contribution in [1.29, 1.82) is 0 Å². The zero-order valence-corrected chi connectivity index (χ0v) is 24.1. The van der Waals surface area contributed by atoms with Crippen LogP contribution >= 0.6 is 11.6 Å². The van der Waals surface area contributed by atoms with Crippen LogP contribution in [0.1, 0.15) is 61.4 Å². The van der Waals surface area contributed by atoms with Gasteiger partial charge in [0.05, 0.1) is 11.6 Å². The molecule has 0 aliphatic heterocycles. The summed E-state index contributed by atoms with van der Waals surface area (Å²) >= 11 is 5.94. The number of carboxylic acid groups (broad SMARTS) is 1. The summed E-state index contributed by atoms with van der Waals surface area (Å²) in [6, 6.07) is 21.1. The Kier molecular flexibility index (Phi) is 11.1. The van der Waals surface area contributed by atoms with Crippen molar-refractivity contribution in [3.05, 3.63) is 95.1 Å². The fourth-order valence-electron chi connectivity index (χ4n) is 4.73. The van der Waals surface area contributed by atoms with Gasteiger partial charge in [0.15, 0.2) is 0 Å². The van der Waals surface area contributed by atoms with E-state index in [0.717, 1.165) is 23.1 Å². The minimum atomic E-state index is -0.976. The number of benzene rings is 3. The van der Waals surface area contributed by atoms with Gasteiger partial charge in [-0.25, -0.2) is 9.59 Å². The average Bonchev–Trinajstić information content (AvgIpc) is 3.37. The van der Waals surface area contributed by atoms with Crippen molar-refractivity contribution in [3.8, 4) is 11.5 Å². The van der Waals surface area contributed by atoms with Gasteiger partial charge in [-0.1, -0.05) is 62.8 Å². The van der Waals surface area contributed by atoms with Crippen molar-refractivity contribution in [2.75, 3.05) is 6.61 Å². The van der Waals surface area contributed by atoms with Crippen LogP contribution in [-0.4, -0.2) is 34.4 Å². The lowest BCUT2D eigenvalue weighted by Crippen LogP contribution is -2.43. The molecule has 2 N–H and O–H groups in total. The number of fused-ring (bicyclic) bond motifs is 1. The van der Waals surface area contributed by atoms with Gasteiger partial charge < -0.3 is 24.5 Å². The van der Waals surface area contributed by atoms with E-state index in [0.29, 0.717) is 17.3 Å². The zero-order chi connectivity index (χ0) is 29.0. The van der Waals surface area contributed by atoms with E-state index in [1.165, 1.54) is 44.1 Å². The highest BCUT2D eigenvalue weighted by Gasteiger charge is 2.18. The van der Waals surface area contributed by atoms with Crippen LogP contribution in [0.4, 0.5) is 4.79 Å². The number of unbranched alkanes of at least 4 members (excludes halogenated alkanes) is 5. The summed E-state index contributed by atoms with van der Waals surface area (Å²) in [6.45, 7) is 2.83. The predicted molar refractivity (Wildman–Crippen MR) is 162 cm³/mol. The number of hydrogen-bond acceptors (Lipinski definition) is 4. The number of amides is 1. The smallest absolute Gasteiger partial charge is 0.413 e. The topological polar surface area (TPSA) is 89.8 Å². The minimum absolute atomic E-state index is 0.208. The van der Waals surface area contributed by atoms with Gasteiger partial charge in [0, 0.05) is 28.7 Å². The molecule has 1 amide bonds. The van der Waals surface area contributed by atoms with E-state index in [1.807, 2.05) is 29.0 Å². The van der Waals surface area contributed by atoms with Crippen LogP contribution in [0.3, 0.4) is 0 Å². The van der Waals surface area contributed by atoms with Crippen molar-refractivity contribution >= 4 is 34.6 Å². The summed E-state index contributed by atoms with van der Waals surface area (Å²) in [7, 11) is 0. The van der Waals surface area contributed by atoms with Crippen molar-refractivity contribution in [2.45, 2.75) is 64.5 Å². The molecule has 41 heavy (non-hydrogen) atoms. The summed E-state index contributed by atoms with van der Waals surface area (Å²) < 4.78 is 13.5. The molecule has 8 heteroatoms. The van der Waals surface area contributed by atoms with Crippen LogP contribution in [0.25, 0.3) is 10.9 Å². The van der Waals surface area contributed by atoms with Crippen LogP contribution in [-0.2, 0) is 13.0 Å². The molecular weight excluding hydrogens is 540 g/mol. The van der Waals surface area contributed by atoms with Gasteiger partial charge in [0.2, 0.25) is 0 Å². The number of aryl methyl sites for hydroxylation is 1. The summed E-state index contributed by atoms with van der Waals surface area (Å²) in [4.78, 5) is 24.1. The highest BCUT2D eigenvalue weighted by atomic mass is 35.5. The minimum Gasteiger partial charge on any atom is -0.491 e. The molecule has 1 atom stereocenters. The zero-order valence-electron chi connectivity index (χ0n) is 23.4. The molecule has 7 nitrogen and oxygen atoms in total. The Hall–Kier alpha value is -3.97. The Morgan fingerprint density at radius 2 is 1.61 bits per heavy atom. The molecular formula is C33H37ClN2O5. The van der Waals surface area contributed by atoms with Gasteiger partial charge >= 0.3 is 12.1 Å². The van der Waals surface area contributed by atoms with Gasteiger partial charge in [-0.3, -0.25) is 0 Å². The quantitative estimate of drug-likeness (QED) is 0.139. The lowest BCUT2D eigenvalue weighted by atomic mass is 10.0. The second-order valence-corrected chi connectivity index (χ2v) is 10.6. The van der Waals surface area contributed by atoms with Crippen LogP contribution in [0, 0.1) is 0 Å². The Balaban J connectivity index is 1.39. The largest absolute Gasteiger partial charge is 0.491 e. The first kappa shape index (κ1) is 30.0. The normalized spacial score (nSPS) is 11.8.